The monoisotopic (exact) mass is 463 g/mol. The first-order chi connectivity index (χ1) is 16.0. The fourth-order valence-electron chi connectivity index (χ4n) is 3.46. The second-order valence-electron chi connectivity index (χ2n) is 7.70. The van der Waals surface area contributed by atoms with Gasteiger partial charge < -0.3 is 10.4 Å². The molecule has 2 N–H and O–H groups in total. The number of carbonyl (C=O) groups is 1. The molecular formula is C24H25N5O3S. The summed E-state index contributed by atoms with van der Waals surface area (Å²) in [5.41, 5.74) is 3.18. The van der Waals surface area contributed by atoms with Gasteiger partial charge in [-0.3, -0.25) is 14.2 Å². The lowest BCUT2D eigenvalue weighted by molar-refractivity contribution is -0.113. The first-order valence-electron chi connectivity index (χ1n) is 10.6. The van der Waals surface area contributed by atoms with Crippen molar-refractivity contribution >= 4 is 34.4 Å². The van der Waals surface area contributed by atoms with Crippen molar-refractivity contribution in [3.05, 3.63) is 76.2 Å². The molecule has 170 valence electrons. The highest BCUT2D eigenvalue weighted by Gasteiger charge is 2.15. The average Bonchev–Trinajstić information content (AvgIpc) is 3.17. The summed E-state index contributed by atoms with van der Waals surface area (Å²) in [6.07, 6.45) is 0.425. The van der Waals surface area contributed by atoms with E-state index >= 15 is 0 Å². The van der Waals surface area contributed by atoms with E-state index in [4.69, 9.17) is 0 Å². The number of thioether (sulfide) groups is 1. The van der Waals surface area contributed by atoms with Crippen LogP contribution in [-0.4, -0.2) is 42.7 Å². The van der Waals surface area contributed by atoms with Crippen molar-refractivity contribution in [2.75, 3.05) is 17.7 Å². The van der Waals surface area contributed by atoms with Crippen molar-refractivity contribution in [3.8, 4) is 5.69 Å². The van der Waals surface area contributed by atoms with Crippen LogP contribution in [0.1, 0.15) is 17.7 Å². The van der Waals surface area contributed by atoms with Gasteiger partial charge in [0.05, 0.1) is 28.0 Å². The molecule has 0 unspecified atom stereocenters. The van der Waals surface area contributed by atoms with Crippen LogP contribution in [0.5, 0.6) is 0 Å². The number of amides is 1. The Hall–Kier alpha value is -3.43. The number of benzene rings is 2. The van der Waals surface area contributed by atoms with Crippen LogP contribution >= 0.6 is 11.8 Å². The van der Waals surface area contributed by atoms with Gasteiger partial charge in [-0.05, 0) is 44.5 Å². The zero-order valence-corrected chi connectivity index (χ0v) is 19.3. The van der Waals surface area contributed by atoms with E-state index in [0.29, 0.717) is 34.8 Å². The van der Waals surface area contributed by atoms with Crippen LogP contribution in [0.15, 0.2) is 64.5 Å². The minimum absolute atomic E-state index is 0.0355. The number of nitrogens with zero attached hydrogens (tertiary/aromatic N) is 4. The summed E-state index contributed by atoms with van der Waals surface area (Å²) in [6.45, 7) is 4.18. The number of rotatable bonds is 8. The molecule has 2 aromatic carbocycles. The van der Waals surface area contributed by atoms with Crippen LogP contribution in [-0.2, 0) is 11.3 Å². The molecule has 0 bridgehead atoms. The Morgan fingerprint density at radius 2 is 1.88 bits per heavy atom. The molecule has 0 atom stereocenters. The number of carbonyl (C=O) groups excluding carboxylic acids is 1. The normalized spacial score (nSPS) is 11.1. The van der Waals surface area contributed by atoms with Crippen LogP contribution in [0.25, 0.3) is 16.6 Å². The molecule has 0 saturated heterocycles. The van der Waals surface area contributed by atoms with Gasteiger partial charge in [0.25, 0.3) is 5.56 Å². The maximum Gasteiger partial charge on any atom is 0.262 e. The van der Waals surface area contributed by atoms with Crippen molar-refractivity contribution in [3.63, 3.8) is 0 Å². The third-order valence-electron chi connectivity index (χ3n) is 5.08. The van der Waals surface area contributed by atoms with Crippen LogP contribution in [0.4, 0.5) is 5.82 Å². The van der Waals surface area contributed by atoms with Gasteiger partial charge in [0, 0.05) is 19.2 Å². The second-order valence-corrected chi connectivity index (χ2v) is 8.64. The predicted molar refractivity (Wildman–Crippen MR) is 130 cm³/mol. The van der Waals surface area contributed by atoms with E-state index in [9.17, 15) is 14.7 Å². The second kappa shape index (κ2) is 10.0. The number of para-hydroxylation sites is 1. The minimum atomic E-state index is -0.232. The largest absolute Gasteiger partial charge is 0.396 e. The van der Waals surface area contributed by atoms with E-state index < -0.39 is 0 Å². The predicted octanol–water partition coefficient (Wildman–Crippen LogP) is 3.31. The maximum atomic E-state index is 12.9. The lowest BCUT2D eigenvalue weighted by atomic mass is 10.2. The Kier molecular flexibility index (Phi) is 6.90. The average molecular weight is 464 g/mol. The highest BCUT2D eigenvalue weighted by atomic mass is 32.2. The molecule has 0 radical (unpaired) electrons. The number of nitrogens with one attached hydrogen (secondary N) is 1. The van der Waals surface area contributed by atoms with E-state index in [1.54, 1.807) is 22.9 Å². The van der Waals surface area contributed by atoms with Gasteiger partial charge in [-0.25, -0.2) is 9.67 Å². The molecule has 2 heterocycles. The quantitative estimate of drug-likeness (QED) is 0.307. The number of aromatic nitrogens is 4. The first-order valence-corrected chi connectivity index (χ1v) is 11.6. The molecule has 4 aromatic rings. The summed E-state index contributed by atoms with van der Waals surface area (Å²) in [7, 11) is 0. The van der Waals surface area contributed by atoms with Crippen LogP contribution in [0.3, 0.4) is 0 Å². The summed E-state index contributed by atoms with van der Waals surface area (Å²) < 4.78 is 3.22. The molecular weight excluding hydrogens is 438 g/mol. The minimum Gasteiger partial charge on any atom is -0.396 e. The number of aliphatic hydroxyl groups is 1. The first kappa shape index (κ1) is 22.8. The zero-order chi connectivity index (χ0) is 23.4. The molecule has 0 aliphatic rings. The fraction of sp³-hybridized carbons (Fsp3) is 0.250. The lowest BCUT2D eigenvalue weighted by Gasteiger charge is -2.13. The summed E-state index contributed by atoms with van der Waals surface area (Å²) in [5.74, 6) is 0.414. The smallest absolute Gasteiger partial charge is 0.262 e. The Balaban J connectivity index is 1.54. The van der Waals surface area contributed by atoms with E-state index in [1.165, 1.54) is 16.3 Å². The standard InChI is InChI=1S/C24H25N5O3S/c1-16-8-10-18(11-9-16)29-21(14-17(2)27-29)26-22(31)15-33-24-25-20-7-4-3-6-19(20)23(32)28(24)12-5-13-30/h3-4,6-11,14,30H,5,12-13,15H2,1-2H3,(H,26,31). The lowest BCUT2D eigenvalue weighted by Crippen LogP contribution is -2.25. The summed E-state index contributed by atoms with van der Waals surface area (Å²) in [6, 6.07) is 16.8. The Labute approximate surface area is 195 Å². The number of aliphatic hydroxyl groups excluding tert-OH is 1. The van der Waals surface area contributed by atoms with Crippen molar-refractivity contribution in [2.24, 2.45) is 0 Å². The molecule has 9 heteroatoms. The van der Waals surface area contributed by atoms with Gasteiger partial charge in [-0.1, -0.05) is 41.6 Å². The number of fused-ring (bicyclic) bond motifs is 1. The van der Waals surface area contributed by atoms with Crippen molar-refractivity contribution < 1.29 is 9.90 Å². The molecule has 0 aliphatic heterocycles. The van der Waals surface area contributed by atoms with Gasteiger partial charge in [0.2, 0.25) is 5.91 Å². The summed E-state index contributed by atoms with van der Waals surface area (Å²) in [5, 5.41) is 17.6. The number of hydrogen-bond donors (Lipinski definition) is 2. The van der Waals surface area contributed by atoms with Crippen molar-refractivity contribution in [1.82, 2.24) is 19.3 Å². The maximum absolute atomic E-state index is 12.9. The highest BCUT2D eigenvalue weighted by molar-refractivity contribution is 7.99. The van der Waals surface area contributed by atoms with Crippen LogP contribution in [0, 0.1) is 13.8 Å². The molecule has 0 fully saturated rings. The fourth-order valence-corrected chi connectivity index (χ4v) is 4.29. The van der Waals surface area contributed by atoms with E-state index in [2.05, 4.69) is 15.4 Å². The van der Waals surface area contributed by atoms with Gasteiger partial charge in [0.1, 0.15) is 5.82 Å². The SMILES string of the molecule is Cc1ccc(-n2nc(C)cc2NC(=O)CSc2nc3ccccc3c(=O)n2CCCO)cc1. The summed E-state index contributed by atoms with van der Waals surface area (Å²) >= 11 is 1.19. The van der Waals surface area contributed by atoms with E-state index in [-0.39, 0.29) is 23.8 Å². The van der Waals surface area contributed by atoms with E-state index in [0.717, 1.165) is 16.9 Å². The third kappa shape index (κ3) is 5.15. The van der Waals surface area contributed by atoms with Crippen molar-refractivity contribution in [1.29, 1.82) is 0 Å². The number of hydrogen-bond acceptors (Lipinski definition) is 6. The third-order valence-corrected chi connectivity index (χ3v) is 6.05. The molecule has 8 nitrogen and oxygen atoms in total. The van der Waals surface area contributed by atoms with Crippen LogP contribution in [0.2, 0.25) is 0 Å². The van der Waals surface area contributed by atoms with Gasteiger partial charge in [-0.15, -0.1) is 0 Å². The van der Waals surface area contributed by atoms with Crippen LogP contribution < -0.4 is 10.9 Å². The topological polar surface area (TPSA) is 102 Å². The summed E-state index contributed by atoms with van der Waals surface area (Å²) in [4.78, 5) is 30.3. The molecule has 4 rings (SSSR count). The molecule has 2 aromatic heterocycles. The van der Waals surface area contributed by atoms with Gasteiger partial charge >= 0.3 is 0 Å². The number of aryl methyl sites for hydroxylation is 2. The van der Waals surface area contributed by atoms with E-state index in [1.807, 2.05) is 50.2 Å². The number of anilines is 1. The Bertz CT molecular complexity index is 1340. The molecule has 0 saturated carbocycles. The van der Waals surface area contributed by atoms with Gasteiger partial charge in [0.15, 0.2) is 5.16 Å². The highest BCUT2D eigenvalue weighted by Crippen LogP contribution is 2.21. The van der Waals surface area contributed by atoms with Gasteiger partial charge in [-0.2, -0.15) is 5.10 Å². The molecule has 0 spiro atoms. The Morgan fingerprint density at radius 3 is 2.64 bits per heavy atom. The molecule has 0 aliphatic carbocycles. The molecule has 33 heavy (non-hydrogen) atoms. The van der Waals surface area contributed by atoms with Crippen molar-refractivity contribution in [2.45, 2.75) is 32.0 Å². The zero-order valence-electron chi connectivity index (χ0n) is 18.5. The Morgan fingerprint density at radius 1 is 1.12 bits per heavy atom. The molecule has 1 amide bonds.